The second-order valence-corrected chi connectivity index (χ2v) is 8.54. The minimum atomic E-state index is -2.79. The van der Waals surface area contributed by atoms with E-state index in [0.717, 1.165) is 5.56 Å². The van der Waals surface area contributed by atoms with Crippen LogP contribution < -0.4 is 11.1 Å². The van der Waals surface area contributed by atoms with E-state index in [1.807, 2.05) is 6.92 Å². The summed E-state index contributed by atoms with van der Waals surface area (Å²) < 4.78 is 28.9. The molecule has 164 valence electrons. The normalized spacial score (nSPS) is 18.0. The van der Waals surface area contributed by atoms with Crippen LogP contribution in [0, 0.1) is 17.0 Å². The number of nitrogens with zero attached hydrogens (tertiary/aromatic N) is 3. The number of halogens is 2. The average Bonchev–Trinajstić information content (AvgIpc) is 3.17. The Hall–Kier alpha value is -3.82. The number of amides is 1. The highest BCUT2D eigenvalue weighted by atomic mass is 19.3. The van der Waals surface area contributed by atoms with Crippen LogP contribution in [0.1, 0.15) is 34.3 Å². The SMILES string of the molecule is Cc1ccc(-n2cc(-c3ccc4c(c3)C3(CNC4=O)CC(F)(F)C3)c([N+](=O)[O-])n2)cc1N. The number of nitro groups is 1. The van der Waals surface area contributed by atoms with Gasteiger partial charge in [-0.2, -0.15) is 0 Å². The smallest absolute Gasteiger partial charge is 0.398 e. The summed E-state index contributed by atoms with van der Waals surface area (Å²) in [5.41, 5.74) is 8.50. The molecule has 10 heteroatoms. The highest BCUT2D eigenvalue weighted by molar-refractivity contribution is 5.98. The summed E-state index contributed by atoms with van der Waals surface area (Å²) in [5, 5.41) is 18.5. The highest BCUT2D eigenvalue weighted by Crippen LogP contribution is 2.55. The van der Waals surface area contributed by atoms with Crippen molar-refractivity contribution in [3.63, 3.8) is 0 Å². The number of nitrogens with one attached hydrogen (secondary N) is 1. The molecular formula is C22H19F2N5O3. The van der Waals surface area contributed by atoms with Crippen LogP contribution in [0.3, 0.4) is 0 Å². The van der Waals surface area contributed by atoms with E-state index in [4.69, 9.17) is 5.73 Å². The number of rotatable bonds is 3. The summed E-state index contributed by atoms with van der Waals surface area (Å²) in [6.45, 7) is 1.96. The lowest BCUT2D eigenvalue weighted by atomic mass is 9.59. The first kappa shape index (κ1) is 20.1. The molecule has 32 heavy (non-hydrogen) atoms. The largest absolute Gasteiger partial charge is 0.398 e. The van der Waals surface area contributed by atoms with Gasteiger partial charge in [-0.1, -0.05) is 12.1 Å². The standard InChI is InChI=1S/C22H19F2N5O3/c1-12-2-4-14(7-18(12)25)28-8-16(19(27-28)29(31)32)13-3-5-15-17(6-13)21(11-26-20(15)30)9-22(23,24)10-21/h2-8H,9-11,25H2,1H3,(H,26,30). The third kappa shape index (κ3) is 3.02. The van der Waals surface area contributed by atoms with Gasteiger partial charge in [-0.15, -0.1) is 4.68 Å². The molecule has 1 amide bonds. The monoisotopic (exact) mass is 439 g/mol. The van der Waals surface area contributed by atoms with Crippen LogP contribution in [0.4, 0.5) is 20.3 Å². The maximum atomic E-state index is 13.8. The number of anilines is 1. The Morgan fingerprint density at radius 2 is 1.94 bits per heavy atom. The number of aryl methyl sites for hydroxylation is 1. The topological polar surface area (TPSA) is 116 Å². The van der Waals surface area contributed by atoms with Crippen molar-refractivity contribution in [1.82, 2.24) is 15.1 Å². The molecule has 0 atom stereocenters. The number of nitrogens with two attached hydrogens (primary N) is 1. The van der Waals surface area contributed by atoms with Crippen molar-refractivity contribution in [2.24, 2.45) is 0 Å². The molecule has 3 N–H and O–H groups in total. The van der Waals surface area contributed by atoms with Crippen molar-refractivity contribution in [3.8, 4) is 16.8 Å². The van der Waals surface area contributed by atoms with Gasteiger partial charge < -0.3 is 21.2 Å². The number of aromatic nitrogens is 2. The molecule has 1 fully saturated rings. The molecule has 5 rings (SSSR count). The lowest BCUT2D eigenvalue weighted by Gasteiger charge is -2.50. The van der Waals surface area contributed by atoms with Crippen LogP contribution in [-0.2, 0) is 5.41 Å². The van der Waals surface area contributed by atoms with Crippen molar-refractivity contribution < 1.29 is 18.5 Å². The number of nitrogen functional groups attached to an aromatic ring is 1. The maximum Gasteiger partial charge on any atom is 0.398 e. The molecule has 1 aliphatic carbocycles. The summed E-state index contributed by atoms with van der Waals surface area (Å²) in [7, 11) is 0. The molecule has 1 saturated carbocycles. The lowest BCUT2D eigenvalue weighted by molar-refractivity contribution is -0.389. The molecule has 1 aliphatic heterocycles. The van der Waals surface area contributed by atoms with Crippen molar-refractivity contribution in [1.29, 1.82) is 0 Å². The van der Waals surface area contributed by atoms with Gasteiger partial charge in [-0.25, -0.2) is 8.78 Å². The zero-order valence-corrected chi connectivity index (χ0v) is 17.1. The van der Waals surface area contributed by atoms with Gasteiger partial charge in [0.2, 0.25) is 5.92 Å². The lowest BCUT2D eigenvalue weighted by Crippen LogP contribution is -2.58. The summed E-state index contributed by atoms with van der Waals surface area (Å²) in [6.07, 6.45) is 0.760. The third-order valence-corrected chi connectivity index (χ3v) is 6.32. The molecule has 0 saturated heterocycles. The quantitative estimate of drug-likeness (QED) is 0.366. The molecule has 0 unspecified atom stereocenters. The predicted octanol–water partition coefficient (Wildman–Crippen LogP) is 3.75. The van der Waals surface area contributed by atoms with E-state index < -0.39 is 16.3 Å². The molecular weight excluding hydrogens is 420 g/mol. The third-order valence-electron chi connectivity index (χ3n) is 6.32. The average molecular weight is 439 g/mol. The predicted molar refractivity (Wildman–Crippen MR) is 113 cm³/mol. The number of carbonyl (C=O) groups excluding carboxylic acids is 1. The van der Waals surface area contributed by atoms with Crippen molar-refractivity contribution >= 4 is 17.4 Å². The number of hydrogen-bond acceptors (Lipinski definition) is 5. The van der Waals surface area contributed by atoms with Gasteiger partial charge in [-0.3, -0.25) is 4.79 Å². The van der Waals surface area contributed by atoms with E-state index in [2.05, 4.69) is 10.4 Å². The van der Waals surface area contributed by atoms with Gasteiger partial charge in [-0.05, 0) is 52.8 Å². The fraction of sp³-hybridized carbons (Fsp3) is 0.273. The number of fused-ring (bicyclic) bond motifs is 2. The summed E-state index contributed by atoms with van der Waals surface area (Å²) >= 11 is 0. The Bertz CT molecular complexity index is 1290. The molecule has 2 aromatic carbocycles. The zero-order chi connectivity index (χ0) is 22.8. The van der Waals surface area contributed by atoms with E-state index >= 15 is 0 Å². The summed E-state index contributed by atoms with van der Waals surface area (Å²) in [4.78, 5) is 23.4. The number of benzene rings is 2. The Balaban J connectivity index is 1.63. The van der Waals surface area contributed by atoms with Crippen molar-refractivity contribution in [3.05, 3.63) is 69.4 Å². The Labute approximate surface area is 181 Å². The Kier molecular flexibility index (Phi) is 4.14. The second kappa shape index (κ2) is 6.59. The number of hydrogen-bond donors (Lipinski definition) is 2. The molecule has 1 aromatic heterocycles. The van der Waals surface area contributed by atoms with E-state index in [-0.39, 0.29) is 36.7 Å². The van der Waals surface area contributed by atoms with Crippen molar-refractivity contribution in [2.75, 3.05) is 12.3 Å². The molecule has 1 spiro atoms. The van der Waals surface area contributed by atoms with Crippen LogP contribution in [-0.4, -0.2) is 33.1 Å². The molecule has 2 heterocycles. The first-order valence-electron chi connectivity index (χ1n) is 10.0. The van der Waals surface area contributed by atoms with Gasteiger partial charge in [0.1, 0.15) is 5.56 Å². The van der Waals surface area contributed by atoms with Gasteiger partial charge in [0.15, 0.2) is 0 Å². The molecule has 3 aromatic rings. The van der Waals surface area contributed by atoms with Crippen LogP contribution >= 0.6 is 0 Å². The van der Waals surface area contributed by atoms with E-state index in [9.17, 15) is 23.7 Å². The van der Waals surface area contributed by atoms with Crippen LogP contribution in [0.25, 0.3) is 16.8 Å². The first-order chi connectivity index (χ1) is 15.1. The van der Waals surface area contributed by atoms with Gasteiger partial charge in [0.25, 0.3) is 5.91 Å². The molecule has 0 bridgehead atoms. The molecule has 2 aliphatic rings. The Morgan fingerprint density at radius 1 is 1.19 bits per heavy atom. The summed E-state index contributed by atoms with van der Waals surface area (Å²) in [5.74, 6) is -3.51. The maximum absolute atomic E-state index is 13.8. The van der Waals surface area contributed by atoms with Gasteiger partial charge in [0.05, 0.1) is 17.0 Å². The van der Waals surface area contributed by atoms with Gasteiger partial charge in [0, 0.05) is 36.1 Å². The van der Waals surface area contributed by atoms with Gasteiger partial charge >= 0.3 is 5.82 Å². The first-order valence-corrected chi connectivity index (χ1v) is 10.0. The fourth-order valence-electron chi connectivity index (χ4n) is 4.65. The van der Waals surface area contributed by atoms with Crippen LogP contribution in [0.2, 0.25) is 0 Å². The highest BCUT2D eigenvalue weighted by Gasteiger charge is 2.59. The van der Waals surface area contributed by atoms with E-state index in [1.54, 1.807) is 30.3 Å². The fourth-order valence-corrected chi connectivity index (χ4v) is 4.65. The Morgan fingerprint density at radius 3 is 2.59 bits per heavy atom. The van der Waals surface area contributed by atoms with Crippen LogP contribution in [0.5, 0.6) is 0 Å². The summed E-state index contributed by atoms with van der Waals surface area (Å²) in [6, 6.07) is 9.92. The minimum Gasteiger partial charge on any atom is -0.398 e. The van der Waals surface area contributed by atoms with Crippen LogP contribution in [0.15, 0.2) is 42.6 Å². The minimum absolute atomic E-state index is 0.113. The number of carbonyl (C=O) groups is 1. The zero-order valence-electron chi connectivity index (χ0n) is 17.1. The number of alkyl halides is 2. The molecule has 8 nitrogen and oxygen atoms in total. The molecule has 0 radical (unpaired) electrons. The van der Waals surface area contributed by atoms with E-state index in [1.165, 1.54) is 16.9 Å². The second-order valence-electron chi connectivity index (χ2n) is 8.54. The van der Waals surface area contributed by atoms with Crippen molar-refractivity contribution in [2.45, 2.75) is 31.1 Å². The van der Waals surface area contributed by atoms with E-state index in [0.29, 0.717) is 28.1 Å².